The SMILES string of the molecule is COC1(C)CN(c2nc(NC3CC(S(C)(=O)=O)C3)nc3c2cnn3-c2cccc(C(F)(F)F)c2)C1. The molecule has 3 heterocycles. The van der Waals surface area contributed by atoms with Crippen molar-refractivity contribution >= 4 is 32.6 Å². The van der Waals surface area contributed by atoms with Gasteiger partial charge in [-0.25, -0.2) is 13.1 Å². The standard InChI is InChI=1S/C22H25F3N6O3S/c1-21(34-2)11-30(12-21)18-17-10-26-31(15-6-4-5-13(7-15)22(23,24)25)19(17)29-20(28-18)27-14-8-16(9-14)35(3,32)33/h4-7,10,14,16H,8-9,11-12H2,1-3H3,(H,27,28,29). The van der Waals surface area contributed by atoms with Crippen LogP contribution in [-0.4, -0.2) is 71.5 Å². The van der Waals surface area contributed by atoms with E-state index in [9.17, 15) is 21.6 Å². The van der Waals surface area contributed by atoms with Gasteiger partial charge >= 0.3 is 6.18 Å². The Bertz CT molecular complexity index is 1380. The maximum absolute atomic E-state index is 13.3. The highest BCUT2D eigenvalue weighted by atomic mass is 32.2. The first-order valence-electron chi connectivity index (χ1n) is 11.1. The molecule has 1 aromatic carbocycles. The van der Waals surface area contributed by atoms with Crippen LogP contribution < -0.4 is 10.2 Å². The van der Waals surface area contributed by atoms with Crippen LogP contribution in [0.2, 0.25) is 0 Å². The first-order valence-corrected chi connectivity index (χ1v) is 13.0. The molecule has 13 heteroatoms. The van der Waals surface area contributed by atoms with Gasteiger partial charge in [-0.2, -0.15) is 28.2 Å². The lowest BCUT2D eigenvalue weighted by atomic mass is 9.92. The van der Waals surface area contributed by atoms with Crippen LogP contribution in [0.1, 0.15) is 25.3 Å². The quantitative estimate of drug-likeness (QED) is 0.540. The van der Waals surface area contributed by atoms with Crippen molar-refractivity contribution in [3.63, 3.8) is 0 Å². The van der Waals surface area contributed by atoms with E-state index in [1.165, 1.54) is 23.1 Å². The summed E-state index contributed by atoms with van der Waals surface area (Å²) in [6.07, 6.45) is -0.852. The average Bonchev–Trinajstić information content (AvgIpc) is 3.16. The summed E-state index contributed by atoms with van der Waals surface area (Å²) in [5, 5.41) is 7.70. The predicted molar refractivity (Wildman–Crippen MR) is 125 cm³/mol. The summed E-state index contributed by atoms with van der Waals surface area (Å²) in [6, 6.07) is 4.76. The number of nitrogens with zero attached hydrogens (tertiary/aromatic N) is 5. The van der Waals surface area contributed by atoms with Gasteiger partial charge in [0.1, 0.15) is 15.7 Å². The molecule has 2 aliphatic rings. The van der Waals surface area contributed by atoms with E-state index in [2.05, 4.69) is 20.4 Å². The van der Waals surface area contributed by atoms with Crippen LogP contribution >= 0.6 is 0 Å². The number of sulfone groups is 1. The highest BCUT2D eigenvalue weighted by molar-refractivity contribution is 7.91. The average molecular weight is 511 g/mol. The lowest BCUT2D eigenvalue weighted by Gasteiger charge is -2.47. The summed E-state index contributed by atoms with van der Waals surface area (Å²) >= 11 is 0. The van der Waals surface area contributed by atoms with Gasteiger partial charge in [0, 0.05) is 32.5 Å². The third-order valence-corrected chi connectivity index (χ3v) is 8.30. The van der Waals surface area contributed by atoms with E-state index in [0.717, 1.165) is 12.1 Å². The van der Waals surface area contributed by atoms with Gasteiger partial charge in [-0.15, -0.1) is 0 Å². The van der Waals surface area contributed by atoms with Crippen molar-refractivity contribution in [1.82, 2.24) is 19.7 Å². The van der Waals surface area contributed by atoms with Gasteiger partial charge < -0.3 is 15.0 Å². The third kappa shape index (κ3) is 4.42. The Labute approximate surface area is 200 Å². The van der Waals surface area contributed by atoms with Crippen molar-refractivity contribution in [3.8, 4) is 5.69 Å². The monoisotopic (exact) mass is 510 g/mol. The smallest absolute Gasteiger partial charge is 0.375 e. The molecule has 0 unspecified atom stereocenters. The minimum atomic E-state index is -4.49. The van der Waals surface area contributed by atoms with E-state index >= 15 is 0 Å². The molecular formula is C22H25F3N6O3S. The van der Waals surface area contributed by atoms with E-state index < -0.39 is 26.8 Å². The Morgan fingerprint density at radius 2 is 1.91 bits per heavy atom. The van der Waals surface area contributed by atoms with Crippen LogP contribution in [0, 0.1) is 0 Å². The maximum atomic E-state index is 13.3. The van der Waals surface area contributed by atoms with Crippen molar-refractivity contribution in [2.75, 3.05) is 36.7 Å². The first-order chi connectivity index (χ1) is 16.4. The van der Waals surface area contributed by atoms with E-state index in [-0.39, 0.29) is 23.3 Å². The molecule has 2 fully saturated rings. The number of benzene rings is 1. The number of fused-ring (bicyclic) bond motifs is 1. The molecule has 5 rings (SSSR count). The van der Waals surface area contributed by atoms with E-state index in [4.69, 9.17) is 4.74 Å². The number of rotatable bonds is 6. The van der Waals surface area contributed by atoms with E-state index in [0.29, 0.717) is 42.8 Å². The van der Waals surface area contributed by atoms with Gasteiger partial charge in [0.2, 0.25) is 5.95 Å². The van der Waals surface area contributed by atoms with Gasteiger partial charge in [0.15, 0.2) is 5.65 Å². The number of nitrogens with one attached hydrogen (secondary N) is 1. The second-order valence-electron chi connectivity index (χ2n) is 9.49. The Balaban J connectivity index is 1.53. The molecule has 0 bridgehead atoms. The molecule has 3 aromatic rings. The lowest BCUT2D eigenvalue weighted by Crippen LogP contribution is -2.61. The Hall–Kier alpha value is -2.93. The van der Waals surface area contributed by atoms with Gasteiger partial charge in [0.05, 0.1) is 33.7 Å². The molecule has 1 N–H and O–H groups in total. The van der Waals surface area contributed by atoms with Crippen molar-refractivity contribution in [2.45, 2.75) is 42.8 Å². The zero-order valence-corrected chi connectivity index (χ0v) is 20.2. The largest absolute Gasteiger partial charge is 0.416 e. The summed E-state index contributed by atoms with van der Waals surface area (Å²) in [5.74, 6) is 0.855. The van der Waals surface area contributed by atoms with Crippen LogP contribution in [0.5, 0.6) is 0 Å². The highest BCUT2D eigenvalue weighted by Crippen LogP contribution is 2.36. The minimum Gasteiger partial charge on any atom is -0.375 e. The van der Waals surface area contributed by atoms with Crippen molar-refractivity contribution in [3.05, 3.63) is 36.0 Å². The summed E-state index contributed by atoms with van der Waals surface area (Å²) < 4.78 is 70.3. The summed E-state index contributed by atoms with van der Waals surface area (Å²) in [4.78, 5) is 11.2. The van der Waals surface area contributed by atoms with Crippen LogP contribution in [0.3, 0.4) is 0 Å². The van der Waals surface area contributed by atoms with Crippen molar-refractivity contribution in [2.24, 2.45) is 0 Å². The molecule has 1 saturated heterocycles. The minimum absolute atomic E-state index is 0.120. The maximum Gasteiger partial charge on any atom is 0.416 e. The fourth-order valence-electron chi connectivity index (χ4n) is 4.46. The zero-order valence-electron chi connectivity index (χ0n) is 19.4. The second kappa shape index (κ2) is 8.05. The van der Waals surface area contributed by atoms with Gasteiger partial charge in [0.25, 0.3) is 0 Å². The van der Waals surface area contributed by atoms with Gasteiger partial charge in [-0.05, 0) is 38.0 Å². The van der Waals surface area contributed by atoms with Crippen LogP contribution in [0.4, 0.5) is 24.9 Å². The molecule has 9 nitrogen and oxygen atoms in total. The predicted octanol–water partition coefficient (Wildman–Crippen LogP) is 3.05. The molecule has 0 spiro atoms. The number of ether oxygens (including phenoxy) is 1. The van der Waals surface area contributed by atoms with Crippen molar-refractivity contribution in [1.29, 1.82) is 0 Å². The number of halogens is 3. The number of aromatic nitrogens is 4. The number of hydrogen-bond acceptors (Lipinski definition) is 8. The molecule has 1 aliphatic heterocycles. The fraction of sp³-hybridized carbons (Fsp3) is 0.500. The summed E-state index contributed by atoms with van der Waals surface area (Å²) in [5.41, 5.74) is -0.553. The molecule has 0 amide bonds. The fourth-order valence-corrected chi connectivity index (χ4v) is 5.62. The van der Waals surface area contributed by atoms with Crippen LogP contribution in [0.25, 0.3) is 16.7 Å². The second-order valence-corrected chi connectivity index (χ2v) is 11.8. The number of anilines is 2. The molecule has 0 atom stereocenters. The molecular weight excluding hydrogens is 485 g/mol. The lowest BCUT2D eigenvalue weighted by molar-refractivity contribution is -0.137. The molecule has 1 aliphatic carbocycles. The number of hydrogen-bond donors (Lipinski definition) is 1. The molecule has 1 saturated carbocycles. The number of alkyl halides is 3. The zero-order chi connectivity index (χ0) is 25.2. The molecule has 35 heavy (non-hydrogen) atoms. The summed E-state index contributed by atoms with van der Waals surface area (Å²) in [6.45, 7) is 3.12. The Kier molecular flexibility index (Phi) is 5.47. The molecule has 2 aromatic heterocycles. The Morgan fingerprint density at radius 3 is 2.54 bits per heavy atom. The van der Waals surface area contributed by atoms with E-state index in [1.54, 1.807) is 13.3 Å². The molecule has 0 radical (unpaired) electrons. The Morgan fingerprint density at radius 1 is 1.20 bits per heavy atom. The van der Waals surface area contributed by atoms with E-state index in [1.807, 2.05) is 11.8 Å². The normalized spacial score (nSPS) is 22.1. The topological polar surface area (TPSA) is 102 Å². The third-order valence-electron chi connectivity index (χ3n) is 6.70. The van der Waals surface area contributed by atoms with Gasteiger partial charge in [-0.3, -0.25) is 0 Å². The van der Waals surface area contributed by atoms with Gasteiger partial charge in [-0.1, -0.05) is 6.07 Å². The van der Waals surface area contributed by atoms with Crippen molar-refractivity contribution < 1.29 is 26.3 Å². The highest BCUT2D eigenvalue weighted by Gasteiger charge is 2.41. The van der Waals surface area contributed by atoms with Crippen LogP contribution in [0.15, 0.2) is 30.5 Å². The molecule has 188 valence electrons. The first kappa shape index (κ1) is 23.8. The number of methoxy groups -OCH3 is 1. The van der Waals surface area contributed by atoms with Crippen LogP contribution in [-0.2, 0) is 20.8 Å². The summed E-state index contributed by atoms with van der Waals surface area (Å²) in [7, 11) is -1.48.